The van der Waals surface area contributed by atoms with Gasteiger partial charge in [-0.1, -0.05) is 41.4 Å². The summed E-state index contributed by atoms with van der Waals surface area (Å²) >= 11 is 12.1. The molecule has 0 radical (unpaired) electrons. The number of aromatic nitrogens is 2. The quantitative estimate of drug-likeness (QED) is 0.309. The van der Waals surface area contributed by atoms with E-state index in [1.54, 1.807) is 24.4 Å². The maximum Gasteiger partial charge on any atom is 0.326 e. The Balaban J connectivity index is 1.49. The molecule has 35 heavy (non-hydrogen) atoms. The first-order chi connectivity index (χ1) is 16.8. The Morgan fingerprint density at radius 3 is 2.37 bits per heavy atom. The van der Waals surface area contributed by atoms with E-state index in [0.717, 1.165) is 5.82 Å². The number of nitrogens with one attached hydrogen (secondary N) is 2. The second-order valence-electron chi connectivity index (χ2n) is 7.78. The number of carbonyl (C=O) groups is 3. The largest absolute Gasteiger partial charge is 0.480 e. The van der Waals surface area contributed by atoms with Crippen LogP contribution in [0.2, 0.25) is 10.0 Å². The lowest BCUT2D eigenvalue weighted by atomic mass is 10.1. The van der Waals surface area contributed by atoms with Crippen LogP contribution < -0.4 is 10.6 Å². The maximum absolute atomic E-state index is 12.6. The minimum atomic E-state index is -1.21. The van der Waals surface area contributed by atoms with Crippen LogP contribution in [0.1, 0.15) is 34.5 Å². The van der Waals surface area contributed by atoms with Gasteiger partial charge in [0.15, 0.2) is 0 Å². The third-order valence-electron chi connectivity index (χ3n) is 5.10. The number of halogens is 2. The van der Waals surface area contributed by atoms with Crippen molar-refractivity contribution < 1.29 is 19.5 Å². The lowest BCUT2D eigenvalue weighted by Gasteiger charge is -2.16. The number of hydrogen-bond acceptors (Lipinski definition) is 6. The van der Waals surface area contributed by atoms with Crippen molar-refractivity contribution in [1.29, 1.82) is 0 Å². The van der Waals surface area contributed by atoms with Crippen molar-refractivity contribution in [3.63, 3.8) is 0 Å². The summed E-state index contributed by atoms with van der Waals surface area (Å²) in [6, 6.07) is 12.3. The molecule has 0 saturated heterocycles. The maximum atomic E-state index is 12.6. The molecule has 1 atom stereocenters. The van der Waals surface area contributed by atoms with Crippen molar-refractivity contribution in [2.45, 2.75) is 31.7 Å². The molecule has 8 nitrogen and oxygen atoms in total. The third-order valence-corrected chi connectivity index (χ3v) is 5.73. The monoisotopic (exact) mass is 514 g/mol. The minimum Gasteiger partial charge on any atom is -0.480 e. The summed E-state index contributed by atoms with van der Waals surface area (Å²) in [4.78, 5) is 45.0. The molecule has 2 aromatic heterocycles. The highest BCUT2D eigenvalue weighted by atomic mass is 35.5. The molecule has 3 rings (SSSR count). The Morgan fingerprint density at radius 2 is 1.74 bits per heavy atom. The molecule has 1 amide bonds. The third kappa shape index (κ3) is 8.05. The van der Waals surface area contributed by atoms with Crippen molar-refractivity contribution in [1.82, 2.24) is 15.3 Å². The number of amides is 1. The highest BCUT2D eigenvalue weighted by Gasteiger charge is 2.24. The molecule has 0 aliphatic heterocycles. The summed E-state index contributed by atoms with van der Waals surface area (Å²) in [7, 11) is 0. The summed E-state index contributed by atoms with van der Waals surface area (Å²) in [5.74, 6) is -1.07. The number of Topliss-reactive ketones (excluding diaryl/α,β-unsaturated/α-hetero) is 1. The fraction of sp³-hybridized carbons (Fsp3) is 0.240. The first-order valence-corrected chi connectivity index (χ1v) is 11.7. The fourth-order valence-electron chi connectivity index (χ4n) is 3.32. The zero-order chi connectivity index (χ0) is 25.2. The van der Waals surface area contributed by atoms with Gasteiger partial charge in [-0.05, 0) is 42.3 Å². The van der Waals surface area contributed by atoms with E-state index in [0.29, 0.717) is 30.6 Å². The molecule has 182 valence electrons. The van der Waals surface area contributed by atoms with Crippen LogP contribution in [0.15, 0.2) is 60.9 Å². The fourth-order valence-corrected chi connectivity index (χ4v) is 3.89. The summed E-state index contributed by atoms with van der Waals surface area (Å²) in [6.07, 6.45) is 4.47. The number of anilines is 1. The average Bonchev–Trinajstić information content (AvgIpc) is 2.83. The van der Waals surface area contributed by atoms with E-state index in [9.17, 15) is 19.5 Å². The van der Waals surface area contributed by atoms with Crippen LogP contribution in [0, 0.1) is 0 Å². The Morgan fingerprint density at radius 1 is 0.971 bits per heavy atom. The van der Waals surface area contributed by atoms with Gasteiger partial charge in [-0.25, -0.2) is 9.78 Å². The van der Waals surface area contributed by atoms with Crippen molar-refractivity contribution in [2.75, 3.05) is 11.9 Å². The normalized spacial score (nSPS) is 11.5. The number of benzene rings is 1. The van der Waals surface area contributed by atoms with Crippen molar-refractivity contribution >= 4 is 46.7 Å². The van der Waals surface area contributed by atoms with Crippen LogP contribution in [0.25, 0.3) is 0 Å². The molecule has 3 N–H and O–H groups in total. The second-order valence-corrected chi connectivity index (χ2v) is 8.60. The van der Waals surface area contributed by atoms with E-state index in [1.165, 1.54) is 18.3 Å². The van der Waals surface area contributed by atoms with E-state index >= 15 is 0 Å². The Labute approximate surface area is 212 Å². The smallest absolute Gasteiger partial charge is 0.326 e. The second kappa shape index (κ2) is 12.8. The van der Waals surface area contributed by atoms with Crippen LogP contribution >= 0.6 is 23.2 Å². The Hall–Kier alpha value is -3.49. The van der Waals surface area contributed by atoms with Gasteiger partial charge in [0.05, 0.1) is 15.6 Å². The van der Waals surface area contributed by atoms with Gasteiger partial charge in [0.25, 0.3) is 5.91 Å². The van der Waals surface area contributed by atoms with E-state index in [4.69, 9.17) is 23.2 Å². The standard InChI is InChI=1S/C25H24Cl2N4O4/c26-19-6-3-7-20(27)23(19)24(33)31-21(25(34)35)13-16-9-10-17(30-15-16)14-18(32)5-4-12-29-22-8-1-2-11-28-22/h1-3,6-11,15,21H,4-5,12-14H2,(H,28,29)(H,31,33)(H,34,35)/t21-/m0/s1. The van der Waals surface area contributed by atoms with Gasteiger partial charge in [0, 0.05) is 43.9 Å². The van der Waals surface area contributed by atoms with Gasteiger partial charge in [0.1, 0.15) is 17.6 Å². The van der Waals surface area contributed by atoms with E-state index in [2.05, 4.69) is 20.6 Å². The topological polar surface area (TPSA) is 121 Å². The first kappa shape index (κ1) is 26.1. The molecule has 0 unspecified atom stereocenters. The minimum absolute atomic E-state index is 0.00353. The molecule has 0 aliphatic rings. The van der Waals surface area contributed by atoms with Crippen LogP contribution in [-0.2, 0) is 22.4 Å². The lowest BCUT2D eigenvalue weighted by Crippen LogP contribution is -2.42. The summed E-state index contributed by atoms with van der Waals surface area (Å²) < 4.78 is 0. The van der Waals surface area contributed by atoms with Crippen molar-refractivity contribution in [3.8, 4) is 0 Å². The molecule has 3 aromatic rings. The average molecular weight is 515 g/mol. The molecule has 2 heterocycles. The zero-order valence-electron chi connectivity index (χ0n) is 18.7. The van der Waals surface area contributed by atoms with Crippen LogP contribution in [-0.4, -0.2) is 45.3 Å². The molecular formula is C25H24Cl2N4O4. The molecule has 0 spiro atoms. The van der Waals surface area contributed by atoms with Crippen LogP contribution in [0.3, 0.4) is 0 Å². The van der Waals surface area contributed by atoms with Gasteiger partial charge in [-0.3, -0.25) is 14.6 Å². The number of rotatable bonds is 12. The Kier molecular flexibility index (Phi) is 9.57. The predicted molar refractivity (Wildman–Crippen MR) is 134 cm³/mol. The number of nitrogens with zero attached hydrogens (tertiary/aromatic N) is 2. The summed E-state index contributed by atoms with van der Waals surface area (Å²) in [5, 5.41) is 15.4. The number of carboxylic acid groups (broad SMARTS) is 1. The molecule has 0 bridgehead atoms. The van der Waals surface area contributed by atoms with Gasteiger partial charge < -0.3 is 15.7 Å². The van der Waals surface area contributed by atoms with Gasteiger partial charge in [0.2, 0.25) is 0 Å². The zero-order valence-corrected chi connectivity index (χ0v) is 20.2. The molecule has 0 aliphatic carbocycles. The van der Waals surface area contributed by atoms with Crippen molar-refractivity contribution in [3.05, 3.63) is 87.8 Å². The number of carboxylic acids is 1. The summed E-state index contributed by atoms with van der Waals surface area (Å²) in [5.41, 5.74) is 1.21. The number of aliphatic carboxylic acids is 1. The van der Waals surface area contributed by atoms with Crippen LogP contribution in [0.4, 0.5) is 5.82 Å². The SMILES string of the molecule is O=C(CCCNc1ccccn1)Cc1ccc(C[C@H](NC(=O)c2c(Cl)cccc2Cl)C(=O)O)cn1. The number of hydrogen-bond donors (Lipinski definition) is 3. The van der Waals surface area contributed by atoms with Gasteiger partial charge in [-0.2, -0.15) is 0 Å². The predicted octanol–water partition coefficient (Wildman–Crippen LogP) is 4.21. The number of carbonyl (C=O) groups excluding carboxylic acids is 2. The molecular weight excluding hydrogens is 491 g/mol. The highest BCUT2D eigenvalue weighted by molar-refractivity contribution is 6.39. The highest BCUT2D eigenvalue weighted by Crippen LogP contribution is 2.24. The van der Waals surface area contributed by atoms with E-state index in [-0.39, 0.29) is 34.2 Å². The molecule has 10 heteroatoms. The van der Waals surface area contributed by atoms with Gasteiger partial charge >= 0.3 is 5.97 Å². The van der Waals surface area contributed by atoms with E-state index < -0.39 is 17.9 Å². The first-order valence-electron chi connectivity index (χ1n) is 10.9. The van der Waals surface area contributed by atoms with Crippen LogP contribution in [0.5, 0.6) is 0 Å². The van der Waals surface area contributed by atoms with Crippen molar-refractivity contribution in [2.24, 2.45) is 0 Å². The molecule has 0 fully saturated rings. The Bertz CT molecular complexity index is 1150. The van der Waals surface area contributed by atoms with Gasteiger partial charge in [-0.15, -0.1) is 0 Å². The number of pyridine rings is 2. The molecule has 0 saturated carbocycles. The van der Waals surface area contributed by atoms with E-state index in [1.807, 2.05) is 18.2 Å². The molecule has 1 aromatic carbocycles. The lowest BCUT2D eigenvalue weighted by molar-refractivity contribution is -0.139. The summed E-state index contributed by atoms with van der Waals surface area (Å²) in [6.45, 7) is 0.636. The number of ketones is 1.